The second-order valence-electron chi connectivity index (χ2n) is 7.50. The maximum absolute atomic E-state index is 13.1. The molecule has 28 heavy (non-hydrogen) atoms. The molecule has 0 spiro atoms. The van der Waals surface area contributed by atoms with E-state index in [1.54, 1.807) is 10.4 Å². The lowest BCUT2D eigenvalue weighted by Crippen LogP contribution is -2.48. The standard InChI is InChI=1S/C21H26N2O4S/c1-15-4-7-21(17(3)16(15)2)28(24,25)23-10-8-22(9-11-23)13-18-5-6-19-20(12-18)27-14-26-19/h4-7,12H,8-11,13-14H2,1-3H3. The summed E-state index contributed by atoms with van der Waals surface area (Å²) in [7, 11) is -3.47. The highest BCUT2D eigenvalue weighted by Crippen LogP contribution is 2.33. The first kappa shape index (κ1) is 19.2. The van der Waals surface area contributed by atoms with E-state index in [-0.39, 0.29) is 6.79 Å². The zero-order valence-corrected chi connectivity index (χ0v) is 17.4. The molecule has 7 heteroatoms. The number of benzene rings is 2. The first-order valence-corrected chi connectivity index (χ1v) is 11.0. The topological polar surface area (TPSA) is 59.1 Å². The van der Waals surface area contributed by atoms with Crippen molar-refractivity contribution in [3.63, 3.8) is 0 Å². The highest BCUT2D eigenvalue weighted by atomic mass is 32.2. The molecule has 2 aliphatic rings. The van der Waals surface area contributed by atoms with Gasteiger partial charge in [-0.3, -0.25) is 4.90 Å². The second-order valence-corrected chi connectivity index (χ2v) is 9.40. The smallest absolute Gasteiger partial charge is 0.243 e. The average molecular weight is 403 g/mol. The van der Waals surface area contributed by atoms with Crippen LogP contribution in [0, 0.1) is 20.8 Å². The summed E-state index contributed by atoms with van der Waals surface area (Å²) in [6.45, 7) is 9.33. The van der Waals surface area contributed by atoms with E-state index in [0.717, 1.165) is 40.3 Å². The van der Waals surface area contributed by atoms with Crippen LogP contribution in [-0.4, -0.2) is 50.6 Å². The molecule has 0 unspecified atom stereocenters. The van der Waals surface area contributed by atoms with Gasteiger partial charge in [-0.05, 0) is 61.2 Å². The zero-order valence-electron chi connectivity index (χ0n) is 16.6. The van der Waals surface area contributed by atoms with Gasteiger partial charge in [-0.25, -0.2) is 8.42 Å². The summed E-state index contributed by atoms with van der Waals surface area (Å²) in [5, 5.41) is 0. The van der Waals surface area contributed by atoms with Crippen LogP contribution in [0.25, 0.3) is 0 Å². The first-order valence-electron chi connectivity index (χ1n) is 9.54. The maximum atomic E-state index is 13.1. The van der Waals surface area contributed by atoms with Gasteiger partial charge >= 0.3 is 0 Å². The van der Waals surface area contributed by atoms with E-state index < -0.39 is 10.0 Å². The van der Waals surface area contributed by atoms with Crippen LogP contribution in [0.15, 0.2) is 35.2 Å². The van der Waals surface area contributed by atoms with Crippen molar-refractivity contribution in [2.45, 2.75) is 32.2 Å². The normalized spacial score (nSPS) is 17.8. The van der Waals surface area contributed by atoms with Crippen molar-refractivity contribution >= 4 is 10.0 Å². The number of hydrogen-bond acceptors (Lipinski definition) is 5. The van der Waals surface area contributed by atoms with Crippen molar-refractivity contribution in [2.75, 3.05) is 33.0 Å². The van der Waals surface area contributed by atoms with Crippen LogP contribution >= 0.6 is 0 Å². The molecule has 0 aromatic heterocycles. The van der Waals surface area contributed by atoms with Crippen LogP contribution < -0.4 is 9.47 Å². The third-order valence-corrected chi connectivity index (χ3v) is 7.84. The van der Waals surface area contributed by atoms with Gasteiger partial charge in [0.25, 0.3) is 0 Å². The van der Waals surface area contributed by atoms with Crippen molar-refractivity contribution in [1.82, 2.24) is 9.21 Å². The van der Waals surface area contributed by atoms with Crippen molar-refractivity contribution in [3.8, 4) is 11.5 Å². The molecule has 0 atom stereocenters. The minimum atomic E-state index is -3.47. The molecule has 0 bridgehead atoms. The molecule has 2 heterocycles. The minimum Gasteiger partial charge on any atom is -0.454 e. The predicted molar refractivity (Wildman–Crippen MR) is 107 cm³/mol. The zero-order chi connectivity index (χ0) is 19.9. The highest BCUT2D eigenvalue weighted by molar-refractivity contribution is 7.89. The number of fused-ring (bicyclic) bond motifs is 1. The number of piperazine rings is 1. The van der Waals surface area contributed by atoms with Crippen LogP contribution in [0.1, 0.15) is 22.3 Å². The summed E-state index contributed by atoms with van der Waals surface area (Å²) < 4.78 is 38.7. The van der Waals surface area contributed by atoms with Crippen molar-refractivity contribution in [3.05, 3.63) is 52.6 Å². The van der Waals surface area contributed by atoms with Crippen LogP contribution in [0.4, 0.5) is 0 Å². The van der Waals surface area contributed by atoms with Crippen LogP contribution in [0.2, 0.25) is 0 Å². The van der Waals surface area contributed by atoms with Gasteiger partial charge in [-0.2, -0.15) is 4.31 Å². The van der Waals surface area contributed by atoms with Crippen LogP contribution in [-0.2, 0) is 16.6 Å². The van der Waals surface area contributed by atoms with Crippen LogP contribution in [0.3, 0.4) is 0 Å². The van der Waals surface area contributed by atoms with Crippen LogP contribution in [0.5, 0.6) is 11.5 Å². The Balaban J connectivity index is 1.43. The van der Waals surface area contributed by atoms with E-state index in [0.29, 0.717) is 31.1 Å². The number of ether oxygens (including phenoxy) is 2. The number of aryl methyl sites for hydroxylation is 1. The van der Waals surface area contributed by atoms with E-state index in [4.69, 9.17) is 9.47 Å². The quantitative estimate of drug-likeness (QED) is 0.787. The molecule has 2 aromatic carbocycles. The number of sulfonamides is 1. The lowest BCUT2D eigenvalue weighted by molar-refractivity contribution is 0.173. The molecule has 0 saturated carbocycles. The Kier molecular flexibility index (Phi) is 5.07. The van der Waals surface area contributed by atoms with E-state index in [2.05, 4.69) is 4.90 Å². The summed E-state index contributed by atoms with van der Waals surface area (Å²) in [5.74, 6) is 1.56. The van der Waals surface area contributed by atoms with Gasteiger partial charge in [0.05, 0.1) is 4.90 Å². The largest absolute Gasteiger partial charge is 0.454 e. The SMILES string of the molecule is Cc1ccc(S(=O)(=O)N2CCN(Cc3ccc4c(c3)OCO4)CC2)c(C)c1C. The number of rotatable bonds is 4. The maximum Gasteiger partial charge on any atom is 0.243 e. The molecule has 4 rings (SSSR count). The number of hydrogen-bond donors (Lipinski definition) is 0. The Morgan fingerprint density at radius 3 is 2.36 bits per heavy atom. The van der Waals surface area contributed by atoms with Crippen molar-refractivity contribution < 1.29 is 17.9 Å². The second kappa shape index (κ2) is 7.39. The van der Waals surface area contributed by atoms with Crippen molar-refractivity contribution in [2.24, 2.45) is 0 Å². The molecular weight excluding hydrogens is 376 g/mol. The Bertz CT molecular complexity index is 996. The third-order valence-electron chi connectivity index (χ3n) is 5.80. The number of nitrogens with zero attached hydrogens (tertiary/aromatic N) is 2. The fourth-order valence-electron chi connectivity index (χ4n) is 3.78. The summed E-state index contributed by atoms with van der Waals surface area (Å²) in [5.41, 5.74) is 4.15. The molecule has 6 nitrogen and oxygen atoms in total. The van der Waals surface area contributed by atoms with Crippen molar-refractivity contribution in [1.29, 1.82) is 0 Å². The van der Waals surface area contributed by atoms with Gasteiger partial charge in [-0.1, -0.05) is 12.1 Å². The predicted octanol–water partition coefficient (Wildman–Crippen LogP) is 2.85. The van der Waals surface area contributed by atoms with E-state index in [9.17, 15) is 8.42 Å². The minimum absolute atomic E-state index is 0.271. The molecule has 2 aliphatic heterocycles. The van der Waals surface area contributed by atoms with Gasteiger partial charge in [0.15, 0.2) is 11.5 Å². The van der Waals surface area contributed by atoms with Gasteiger partial charge in [0.2, 0.25) is 16.8 Å². The first-order chi connectivity index (χ1) is 13.4. The molecule has 1 saturated heterocycles. The fraction of sp³-hybridized carbons (Fsp3) is 0.429. The summed E-state index contributed by atoms with van der Waals surface area (Å²) in [4.78, 5) is 2.70. The Labute approximate surface area is 166 Å². The molecule has 0 amide bonds. The molecule has 0 N–H and O–H groups in total. The van der Waals surface area contributed by atoms with E-state index in [1.807, 2.05) is 45.0 Å². The Morgan fingerprint density at radius 1 is 0.893 bits per heavy atom. The van der Waals surface area contributed by atoms with Gasteiger partial charge in [-0.15, -0.1) is 0 Å². The van der Waals surface area contributed by atoms with E-state index >= 15 is 0 Å². The van der Waals surface area contributed by atoms with Gasteiger partial charge < -0.3 is 9.47 Å². The fourth-order valence-corrected chi connectivity index (χ4v) is 5.48. The molecular formula is C21H26N2O4S. The Morgan fingerprint density at radius 2 is 1.61 bits per heavy atom. The molecule has 2 aromatic rings. The summed E-state index contributed by atoms with van der Waals surface area (Å²) in [6, 6.07) is 9.61. The summed E-state index contributed by atoms with van der Waals surface area (Å²) >= 11 is 0. The van der Waals surface area contributed by atoms with Gasteiger partial charge in [0, 0.05) is 32.7 Å². The average Bonchev–Trinajstić information content (AvgIpc) is 3.14. The van der Waals surface area contributed by atoms with Gasteiger partial charge in [0.1, 0.15) is 0 Å². The molecule has 0 radical (unpaired) electrons. The Hall–Kier alpha value is -2.09. The molecule has 150 valence electrons. The van der Waals surface area contributed by atoms with E-state index in [1.165, 1.54) is 0 Å². The third kappa shape index (κ3) is 3.50. The lowest BCUT2D eigenvalue weighted by Gasteiger charge is -2.34. The monoisotopic (exact) mass is 402 g/mol. The lowest BCUT2D eigenvalue weighted by atomic mass is 10.1. The molecule has 1 fully saturated rings. The summed E-state index contributed by atoms with van der Waals surface area (Å²) in [6.07, 6.45) is 0. The molecule has 0 aliphatic carbocycles. The highest BCUT2D eigenvalue weighted by Gasteiger charge is 2.30.